The van der Waals surface area contributed by atoms with E-state index >= 15 is 0 Å². The number of imidazole rings is 1. The highest BCUT2D eigenvalue weighted by atomic mass is 15.2. The van der Waals surface area contributed by atoms with Gasteiger partial charge in [-0.25, -0.2) is 4.98 Å². The maximum Gasteiger partial charge on any atom is 0.203 e. The fourth-order valence-corrected chi connectivity index (χ4v) is 1.98. The second-order valence-electron chi connectivity index (χ2n) is 4.44. The van der Waals surface area contributed by atoms with Crippen LogP contribution >= 0.6 is 0 Å². The molecule has 92 valence electrons. The minimum atomic E-state index is 0.558. The molecule has 0 spiro atoms. The summed E-state index contributed by atoms with van der Waals surface area (Å²) in [5.41, 5.74) is 1.10. The van der Waals surface area contributed by atoms with Crippen LogP contribution in [0.4, 0.5) is 5.95 Å². The highest BCUT2D eigenvalue weighted by Crippen LogP contribution is 2.13. The number of hydrogen-bond donors (Lipinski definition) is 1. The average Bonchev–Trinajstić information content (AvgIpc) is 2.59. The summed E-state index contributed by atoms with van der Waals surface area (Å²) in [6, 6.07) is 0.558. The first-order chi connectivity index (χ1) is 7.71. The predicted octanol–water partition coefficient (Wildman–Crippen LogP) is 3.59. The number of hydrogen-bond acceptors (Lipinski definition) is 2. The van der Waals surface area contributed by atoms with E-state index in [2.05, 4.69) is 48.8 Å². The van der Waals surface area contributed by atoms with Crippen molar-refractivity contribution in [1.82, 2.24) is 9.55 Å². The maximum absolute atomic E-state index is 4.55. The Balaban J connectivity index is 2.69. The third-order valence-corrected chi connectivity index (χ3v) is 2.82. The van der Waals surface area contributed by atoms with Gasteiger partial charge in [0.15, 0.2) is 0 Å². The van der Waals surface area contributed by atoms with Crippen molar-refractivity contribution in [2.75, 3.05) is 5.32 Å². The highest BCUT2D eigenvalue weighted by molar-refractivity contribution is 5.30. The van der Waals surface area contributed by atoms with Gasteiger partial charge in [0.25, 0.3) is 0 Å². The standard InChI is InChI=1S/C13H25N3/c1-5-8-12(7-3)15-13-14-11(4)10-16(13)9-6-2/h10,12H,5-9H2,1-4H3,(H,14,15). The Kier molecular flexibility index (Phi) is 5.36. The van der Waals surface area contributed by atoms with Gasteiger partial charge in [0, 0.05) is 18.8 Å². The first-order valence-corrected chi connectivity index (χ1v) is 6.51. The Hall–Kier alpha value is -0.990. The zero-order chi connectivity index (χ0) is 12.0. The molecule has 0 aliphatic heterocycles. The first-order valence-electron chi connectivity index (χ1n) is 6.51. The predicted molar refractivity (Wildman–Crippen MR) is 69.9 cm³/mol. The van der Waals surface area contributed by atoms with E-state index in [-0.39, 0.29) is 0 Å². The molecule has 0 amide bonds. The van der Waals surface area contributed by atoms with Gasteiger partial charge < -0.3 is 9.88 Å². The molecule has 0 bridgehead atoms. The summed E-state index contributed by atoms with van der Waals surface area (Å²) in [5, 5.41) is 3.56. The van der Waals surface area contributed by atoms with E-state index in [4.69, 9.17) is 0 Å². The monoisotopic (exact) mass is 223 g/mol. The van der Waals surface area contributed by atoms with Crippen molar-refractivity contribution >= 4 is 5.95 Å². The van der Waals surface area contributed by atoms with E-state index in [1.54, 1.807) is 0 Å². The van der Waals surface area contributed by atoms with E-state index in [1.165, 1.54) is 12.8 Å². The van der Waals surface area contributed by atoms with Gasteiger partial charge in [-0.15, -0.1) is 0 Å². The third kappa shape index (κ3) is 3.54. The normalized spacial score (nSPS) is 12.8. The molecule has 0 saturated carbocycles. The zero-order valence-corrected chi connectivity index (χ0v) is 11.1. The lowest BCUT2D eigenvalue weighted by atomic mass is 10.1. The molecule has 3 heteroatoms. The van der Waals surface area contributed by atoms with Gasteiger partial charge in [0.1, 0.15) is 0 Å². The molecule has 0 aliphatic carbocycles. The van der Waals surface area contributed by atoms with Crippen molar-refractivity contribution < 1.29 is 0 Å². The number of aryl methyl sites for hydroxylation is 2. The SMILES string of the molecule is CCCC(CC)Nc1nc(C)cn1CCC. The molecule has 1 rings (SSSR count). The summed E-state index contributed by atoms with van der Waals surface area (Å²) >= 11 is 0. The summed E-state index contributed by atoms with van der Waals surface area (Å²) < 4.78 is 2.23. The van der Waals surface area contributed by atoms with E-state index in [0.29, 0.717) is 6.04 Å². The highest BCUT2D eigenvalue weighted by Gasteiger charge is 2.09. The Labute approximate surface area is 99.3 Å². The van der Waals surface area contributed by atoms with E-state index in [9.17, 15) is 0 Å². The molecule has 0 saturated heterocycles. The lowest BCUT2D eigenvalue weighted by Gasteiger charge is -2.17. The minimum absolute atomic E-state index is 0.558. The van der Waals surface area contributed by atoms with Gasteiger partial charge in [-0.05, 0) is 26.2 Å². The molecule has 1 aromatic heterocycles. The molecule has 0 radical (unpaired) electrons. The molecule has 0 aromatic carbocycles. The van der Waals surface area contributed by atoms with Crippen LogP contribution in [0.15, 0.2) is 6.20 Å². The number of nitrogens with one attached hydrogen (secondary N) is 1. The van der Waals surface area contributed by atoms with E-state index in [0.717, 1.165) is 31.0 Å². The number of aromatic nitrogens is 2. The van der Waals surface area contributed by atoms with Crippen LogP contribution in [-0.4, -0.2) is 15.6 Å². The molecule has 1 N–H and O–H groups in total. The Bertz CT molecular complexity index is 304. The van der Waals surface area contributed by atoms with Crippen molar-refractivity contribution in [3.63, 3.8) is 0 Å². The lowest BCUT2D eigenvalue weighted by Crippen LogP contribution is -2.20. The Morgan fingerprint density at radius 2 is 2.06 bits per heavy atom. The topological polar surface area (TPSA) is 29.9 Å². The summed E-state index contributed by atoms with van der Waals surface area (Å²) in [7, 11) is 0. The molecule has 1 aromatic rings. The fourth-order valence-electron chi connectivity index (χ4n) is 1.98. The molecule has 0 fully saturated rings. The van der Waals surface area contributed by atoms with Crippen LogP contribution in [0.3, 0.4) is 0 Å². The quantitative estimate of drug-likeness (QED) is 0.765. The van der Waals surface area contributed by atoms with Crippen LogP contribution in [0.1, 0.15) is 52.1 Å². The minimum Gasteiger partial charge on any atom is -0.353 e. The number of anilines is 1. The second kappa shape index (κ2) is 6.56. The summed E-state index contributed by atoms with van der Waals surface area (Å²) in [6.07, 6.45) is 6.87. The van der Waals surface area contributed by atoms with Crippen LogP contribution in [0.5, 0.6) is 0 Å². The molecule has 0 aliphatic rings. The summed E-state index contributed by atoms with van der Waals surface area (Å²) in [5.74, 6) is 1.04. The Morgan fingerprint density at radius 1 is 1.31 bits per heavy atom. The van der Waals surface area contributed by atoms with Gasteiger partial charge in [-0.2, -0.15) is 0 Å². The first kappa shape index (κ1) is 13.1. The maximum atomic E-state index is 4.55. The van der Waals surface area contributed by atoms with Crippen molar-refractivity contribution in [1.29, 1.82) is 0 Å². The smallest absolute Gasteiger partial charge is 0.203 e. The lowest BCUT2D eigenvalue weighted by molar-refractivity contribution is 0.602. The van der Waals surface area contributed by atoms with Gasteiger partial charge in [-0.1, -0.05) is 27.2 Å². The van der Waals surface area contributed by atoms with Crippen molar-refractivity contribution in [3.8, 4) is 0 Å². The van der Waals surface area contributed by atoms with E-state index in [1.807, 2.05) is 0 Å². The second-order valence-corrected chi connectivity index (χ2v) is 4.44. The van der Waals surface area contributed by atoms with Crippen LogP contribution in [0, 0.1) is 6.92 Å². The van der Waals surface area contributed by atoms with Crippen LogP contribution < -0.4 is 5.32 Å². The molecule has 1 atom stereocenters. The van der Waals surface area contributed by atoms with Crippen molar-refractivity contribution in [2.24, 2.45) is 0 Å². The summed E-state index contributed by atoms with van der Waals surface area (Å²) in [6.45, 7) is 9.76. The Morgan fingerprint density at radius 3 is 2.62 bits per heavy atom. The van der Waals surface area contributed by atoms with Crippen LogP contribution in [-0.2, 0) is 6.54 Å². The number of rotatable bonds is 7. The molecule has 16 heavy (non-hydrogen) atoms. The van der Waals surface area contributed by atoms with Crippen LogP contribution in [0.25, 0.3) is 0 Å². The van der Waals surface area contributed by atoms with Gasteiger partial charge >= 0.3 is 0 Å². The zero-order valence-electron chi connectivity index (χ0n) is 11.1. The van der Waals surface area contributed by atoms with Crippen molar-refractivity contribution in [2.45, 2.75) is 66.0 Å². The third-order valence-electron chi connectivity index (χ3n) is 2.82. The van der Waals surface area contributed by atoms with Gasteiger partial charge in [0.05, 0.1) is 5.69 Å². The molecule has 1 heterocycles. The van der Waals surface area contributed by atoms with Gasteiger partial charge in [0.2, 0.25) is 5.95 Å². The summed E-state index contributed by atoms with van der Waals surface area (Å²) in [4.78, 5) is 4.55. The molecule has 1 unspecified atom stereocenters. The van der Waals surface area contributed by atoms with E-state index < -0.39 is 0 Å². The molecule has 3 nitrogen and oxygen atoms in total. The molecular formula is C13H25N3. The van der Waals surface area contributed by atoms with Gasteiger partial charge in [-0.3, -0.25) is 0 Å². The average molecular weight is 223 g/mol. The van der Waals surface area contributed by atoms with Crippen molar-refractivity contribution in [3.05, 3.63) is 11.9 Å². The molecular weight excluding hydrogens is 198 g/mol. The number of nitrogens with zero attached hydrogens (tertiary/aromatic N) is 2. The largest absolute Gasteiger partial charge is 0.353 e. The van der Waals surface area contributed by atoms with Crippen LogP contribution in [0.2, 0.25) is 0 Å². The fraction of sp³-hybridized carbons (Fsp3) is 0.769.